The van der Waals surface area contributed by atoms with Crippen LogP contribution in [0, 0.1) is 5.92 Å². The molecule has 0 aromatic carbocycles. The summed E-state index contributed by atoms with van der Waals surface area (Å²) in [6, 6.07) is 0.712. The van der Waals surface area contributed by atoms with Crippen molar-refractivity contribution in [2.45, 2.75) is 39.2 Å². The summed E-state index contributed by atoms with van der Waals surface area (Å²) >= 11 is 0. The second-order valence-electron chi connectivity index (χ2n) is 4.79. The lowest BCUT2D eigenvalue weighted by atomic mass is 9.78. The molecule has 0 amide bonds. The Morgan fingerprint density at radius 1 is 1.50 bits per heavy atom. The number of nitrogens with zero attached hydrogens (tertiary/aromatic N) is 1. The van der Waals surface area contributed by atoms with Crippen molar-refractivity contribution in [3.63, 3.8) is 0 Å². The summed E-state index contributed by atoms with van der Waals surface area (Å²) in [6.07, 6.45) is 9.81. The van der Waals surface area contributed by atoms with Gasteiger partial charge >= 0.3 is 0 Å². The Hall–Kier alpha value is -1.24. The van der Waals surface area contributed by atoms with E-state index in [0.717, 1.165) is 6.42 Å². The van der Waals surface area contributed by atoms with Crippen LogP contribution < -0.4 is 0 Å². The molecular formula is C15H21N. The fourth-order valence-electron chi connectivity index (χ4n) is 2.79. The number of rotatable bonds is 3. The molecule has 1 heteroatoms. The molecule has 2 heterocycles. The maximum Gasteiger partial charge on any atom is 0.0419 e. The SMILES string of the molecule is C=CC/C=C/C1=C(C)N2C(=C)C(C)C2CC1. The molecule has 0 bridgehead atoms. The predicted molar refractivity (Wildman–Crippen MR) is 69.8 cm³/mol. The van der Waals surface area contributed by atoms with Crippen LogP contribution in [0.5, 0.6) is 0 Å². The number of allylic oxidation sites excluding steroid dienone is 5. The van der Waals surface area contributed by atoms with Gasteiger partial charge in [0.05, 0.1) is 0 Å². The van der Waals surface area contributed by atoms with Crippen molar-refractivity contribution >= 4 is 0 Å². The van der Waals surface area contributed by atoms with Crippen LogP contribution in [-0.2, 0) is 0 Å². The molecule has 1 fully saturated rings. The number of fused-ring (bicyclic) bond motifs is 1. The Kier molecular flexibility index (Phi) is 3.04. The molecule has 86 valence electrons. The molecule has 16 heavy (non-hydrogen) atoms. The van der Waals surface area contributed by atoms with Gasteiger partial charge in [0.15, 0.2) is 0 Å². The van der Waals surface area contributed by atoms with Crippen molar-refractivity contribution in [1.29, 1.82) is 0 Å². The first-order valence-electron chi connectivity index (χ1n) is 6.12. The predicted octanol–water partition coefficient (Wildman–Crippen LogP) is 4.02. The zero-order valence-corrected chi connectivity index (χ0v) is 10.4. The van der Waals surface area contributed by atoms with Crippen molar-refractivity contribution in [1.82, 2.24) is 4.90 Å². The molecule has 2 aliphatic rings. The van der Waals surface area contributed by atoms with Crippen LogP contribution >= 0.6 is 0 Å². The summed E-state index contributed by atoms with van der Waals surface area (Å²) in [7, 11) is 0. The Morgan fingerprint density at radius 2 is 2.25 bits per heavy atom. The minimum atomic E-state index is 0.675. The van der Waals surface area contributed by atoms with Gasteiger partial charge in [-0.3, -0.25) is 0 Å². The molecule has 0 spiro atoms. The third kappa shape index (κ3) is 1.64. The van der Waals surface area contributed by atoms with Gasteiger partial charge in [-0.25, -0.2) is 0 Å². The summed E-state index contributed by atoms with van der Waals surface area (Å²) in [5.74, 6) is 0.675. The Balaban J connectivity index is 2.15. The van der Waals surface area contributed by atoms with Gasteiger partial charge in [0.2, 0.25) is 0 Å². The standard InChI is InChI=1S/C15H21N/c1-5-6-7-8-14-9-10-15-11(2)12(3)16(15)13(14)4/h5,7-8,11,15H,1,3,6,9-10H2,2,4H3/b8-7+. The van der Waals surface area contributed by atoms with E-state index in [9.17, 15) is 0 Å². The molecule has 2 aliphatic heterocycles. The second-order valence-corrected chi connectivity index (χ2v) is 4.79. The van der Waals surface area contributed by atoms with Gasteiger partial charge in [0.25, 0.3) is 0 Å². The smallest absolute Gasteiger partial charge is 0.0419 e. The van der Waals surface area contributed by atoms with Crippen LogP contribution in [0.2, 0.25) is 0 Å². The van der Waals surface area contributed by atoms with E-state index in [1.807, 2.05) is 6.08 Å². The van der Waals surface area contributed by atoms with Crippen LogP contribution in [0.15, 0.2) is 48.4 Å². The van der Waals surface area contributed by atoms with Gasteiger partial charge in [0.1, 0.15) is 0 Å². The van der Waals surface area contributed by atoms with Gasteiger partial charge < -0.3 is 4.90 Å². The van der Waals surface area contributed by atoms with Crippen LogP contribution in [0.3, 0.4) is 0 Å². The van der Waals surface area contributed by atoms with Crippen LogP contribution in [-0.4, -0.2) is 10.9 Å². The van der Waals surface area contributed by atoms with Gasteiger partial charge in [-0.1, -0.05) is 31.7 Å². The molecule has 2 rings (SSSR count). The van der Waals surface area contributed by atoms with Crippen molar-refractivity contribution < 1.29 is 0 Å². The van der Waals surface area contributed by atoms with E-state index in [4.69, 9.17) is 0 Å². The Morgan fingerprint density at radius 3 is 2.94 bits per heavy atom. The van der Waals surface area contributed by atoms with E-state index >= 15 is 0 Å². The number of hydrogen-bond donors (Lipinski definition) is 0. The van der Waals surface area contributed by atoms with Gasteiger partial charge in [-0.2, -0.15) is 0 Å². The van der Waals surface area contributed by atoms with E-state index in [1.54, 1.807) is 0 Å². The average Bonchev–Trinajstić information content (AvgIpc) is 2.30. The maximum absolute atomic E-state index is 4.16. The minimum Gasteiger partial charge on any atom is -0.345 e. The number of hydrogen-bond acceptors (Lipinski definition) is 1. The monoisotopic (exact) mass is 215 g/mol. The highest BCUT2D eigenvalue weighted by Crippen LogP contribution is 2.45. The summed E-state index contributed by atoms with van der Waals surface area (Å²) < 4.78 is 0. The molecule has 1 nitrogen and oxygen atoms in total. The highest BCUT2D eigenvalue weighted by molar-refractivity contribution is 5.35. The molecule has 1 saturated heterocycles. The average molecular weight is 215 g/mol. The van der Waals surface area contributed by atoms with Crippen LogP contribution in [0.4, 0.5) is 0 Å². The first kappa shape index (κ1) is 11.3. The quantitative estimate of drug-likeness (QED) is 0.643. The second kappa shape index (κ2) is 4.32. The first-order chi connectivity index (χ1) is 7.66. The normalized spacial score (nSPS) is 29.4. The third-order valence-electron chi connectivity index (χ3n) is 3.90. The van der Waals surface area contributed by atoms with Gasteiger partial charge in [-0.15, -0.1) is 6.58 Å². The first-order valence-corrected chi connectivity index (χ1v) is 6.12. The lowest BCUT2D eigenvalue weighted by Gasteiger charge is -2.53. The molecule has 0 aliphatic carbocycles. The Labute approximate surface area is 98.8 Å². The van der Waals surface area contributed by atoms with Crippen molar-refractivity contribution in [2.24, 2.45) is 5.92 Å². The Bertz CT molecular complexity index is 373. The van der Waals surface area contributed by atoms with E-state index in [0.29, 0.717) is 12.0 Å². The topological polar surface area (TPSA) is 3.24 Å². The van der Waals surface area contributed by atoms with E-state index in [1.165, 1.54) is 29.8 Å². The van der Waals surface area contributed by atoms with E-state index in [-0.39, 0.29) is 0 Å². The zero-order valence-electron chi connectivity index (χ0n) is 10.4. The molecule has 2 unspecified atom stereocenters. The molecule has 0 aromatic heterocycles. The van der Waals surface area contributed by atoms with Crippen molar-refractivity contribution in [3.05, 3.63) is 48.4 Å². The fraction of sp³-hybridized carbons (Fsp3) is 0.467. The lowest BCUT2D eigenvalue weighted by molar-refractivity contribution is 0.113. The molecular weight excluding hydrogens is 194 g/mol. The highest BCUT2D eigenvalue weighted by atomic mass is 15.3. The highest BCUT2D eigenvalue weighted by Gasteiger charge is 2.41. The summed E-state index contributed by atoms with van der Waals surface area (Å²) in [6.45, 7) is 12.4. The molecule has 0 N–H and O–H groups in total. The van der Waals surface area contributed by atoms with Gasteiger partial charge in [-0.05, 0) is 31.8 Å². The maximum atomic E-state index is 4.16. The summed E-state index contributed by atoms with van der Waals surface area (Å²) in [5, 5.41) is 0. The largest absolute Gasteiger partial charge is 0.345 e. The van der Waals surface area contributed by atoms with Gasteiger partial charge in [0, 0.05) is 23.4 Å². The van der Waals surface area contributed by atoms with Crippen LogP contribution in [0.25, 0.3) is 0 Å². The third-order valence-corrected chi connectivity index (χ3v) is 3.90. The fourth-order valence-corrected chi connectivity index (χ4v) is 2.79. The van der Waals surface area contributed by atoms with Crippen LogP contribution in [0.1, 0.15) is 33.1 Å². The summed E-state index contributed by atoms with van der Waals surface area (Å²) in [5.41, 5.74) is 4.16. The summed E-state index contributed by atoms with van der Waals surface area (Å²) in [4.78, 5) is 2.42. The van der Waals surface area contributed by atoms with Crippen molar-refractivity contribution in [2.75, 3.05) is 0 Å². The van der Waals surface area contributed by atoms with E-state index < -0.39 is 0 Å². The molecule has 0 aromatic rings. The molecule has 0 radical (unpaired) electrons. The zero-order chi connectivity index (χ0) is 11.7. The molecule has 0 saturated carbocycles. The van der Waals surface area contributed by atoms with E-state index in [2.05, 4.69) is 44.1 Å². The molecule has 2 atom stereocenters. The van der Waals surface area contributed by atoms with Crippen molar-refractivity contribution in [3.8, 4) is 0 Å². The minimum absolute atomic E-state index is 0.675. The lowest BCUT2D eigenvalue weighted by Crippen LogP contribution is -2.52.